The summed E-state index contributed by atoms with van der Waals surface area (Å²) in [6.45, 7) is 3.57. The molecule has 0 radical (unpaired) electrons. The molecule has 0 unspecified atom stereocenters. The topological polar surface area (TPSA) is 61.1 Å². The zero-order valence-electron chi connectivity index (χ0n) is 15.7. The van der Waals surface area contributed by atoms with Gasteiger partial charge in [0.05, 0.1) is 11.5 Å². The molecule has 1 saturated carbocycles. The molecule has 1 aliphatic carbocycles. The van der Waals surface area contributed by atoms with E-state index in [1.165, 1.54) is 11.6 Å². The minimum absolute atomic E-state index is 0.134. The van der Waals surface area contributed by atoms with E-state index < -0.39 is 22.2 Å². The van der Waals surface area contributed by atoms with Gasteiger partial charge in [0.25, 0.3) is 0 Å². The Morgan fingerprint density at radius 1 is 1.07 bits per heavy atom. The van der Waals surface area contributed by atoms with Crippen LogP contribution in [0.25, 0.3) is 0 Å². The third kappa shape index (κ3) is 3.02. The lowest BCUT2D eigenvalue weighted by atomic mass is 9.86. The summed E-state index contributed by atoms with van der Waals surface area (Å²) in [5.41, 5.74) is -0.147. The van der Waals surface area contributed by atoms with Crippen molar-refractivity contribution in [2.24, 2.45) is 16.2 Å². The molecule has 1 fully saturated rings. The molecule has 5 heteroatoms. The van der Waals surface area contributed by atoms with Crippen LogP contribution in [0, 0.1) is 27.6 Å². The third-order valence-corrected chi connectivity index (χ3v) is 6.45. The fourth-order valence-corrected chi connectivity index (χ4v) is 4.92. The number of nitrogens with zero attached hydrogens (tertiary/aromatic N) is 1. The fraction of sp³-hybridized carbons (Fsp3) is 0.304. The maximum absolute atomic E-state index is 12.2. The Labute approximate surface area is 175 Å². The third-order valence-electron chi connectivity index (χ3n) is 6.23. The minimum Gasteiger partial charge on any atom is -0.481 e. The summed E-state index contributed by atoms with van der Waals surface area (Å²) in [6, 6.07) is 20.4. The number of nitriles is 1. The van der Waals surface area contributed by atoms with Gasteiger partial charge in [-0.25, -0.2) is 0 Å². The molecule has 0 amide bonds. The highest BCUT2D eigenvalue weighted by molar-refractivity contribution is 6.56. The molecule has 3 nitrogen and oxygen atoms in total. The Kier molecular flexibility index (Phi) is 5.32. The van der Waals surface area contributed by atoms with E-state index in [0.717, 1.165) is 17.5 Å². The maximum Gasteiger partial charge on any atom is 0.315 e. The molecule has 0 bridgehead atoms. The van der Waals surface area contributed by atoms with Crippen LogP contribution < -0.4 is 0 Å². The first-order chi connectivity index (χ1) is 13.2. The summed E-state index contributed by atoms with van der Waals surface area (Å²) in [6.07, 6.45) is 2.40. The molecule has 28 heavy (non-hydrogen) atoms. The van der Waals surface area contributed by atoms with E-state index in [1.54, 1.807) is 13.8 Å². The van der Waals surface area contributed by atoms with Gasteiger partial charge in [0.15, 0.2) is 0 Å². The van der Waals surface area contributed by atoms with Crippen LogP contribution in [0.15, 0.2) is 65.2 Å². The normalized spacial score (nSPS) is 24.8. The number of hydrogen-bond acceptors (Lipinski definition) is 2. The Bertz CT molecular complexity index is 974. The second-order valence-corrected chi connectivity index (χ2v) is 8.86. The molecular formula is C23H21Cl2NO2. The van der Waals surface area contributed by atoms with Crippen molar-refractivity contribution in [1.29, 1.82) is 5.26 Å². The van der Waals surface area contributed by atoms with Gasteiger partial charge in [0.1, 0.15) is 9.91 Å². The van der Waals surface area contributed by atoms with Crippen molar-refractivity contribution in [2.45, 2.75) is 26.7 Å². The van der Waals surface area contributed by atoms with Crippen molar-refractivity contribution in [1.82, 2.24) is 0 Å². The Morgan fingerprint density at radius 2 is 1.68 bits per heavy atom. The first kappa shape index (κ1) is 20.5. The summed E-state index contributed by atoms with van der Waals surface area (Å²) in [5, 5.41) is 20.0. The van der Waals surface area contributed by atoms with Crippen LogP contribution >= 0.6 is 23.2 Å². The molecule has 3 rings (SSSR count). The van der Waals surface area contributed by atoms with Crippen LogP contribution in [-0.2, 0) is 17.6 Å². The van der Waals surface area contributed by atoms with E-state index in [-0.39, 0.29) is 4.49 Å². The molecule has 0 heterocycles. The second kappa shape index (κ2) is 7.28. The van der Waals surface area contributed by atoms with Gasteiger partial charge in [-0.15, -0.1) is 0 Å². The van der Waals surface area contributed by atoms with Crippen molar-refractivity contribution in [3.05, 3.63) is 81.9 Å². The summed E-state index contributed by atoms with van der Waals surface area (Å²) in [5.74, 6) is -1.08. The summed E-state index contributed by atoms with van der Waals surface area (Å²) in [4.78, 5) is 12.2. The van der Waals surface area contributed by atoms with E-state index in [0.29, 0.717) is 6.42 Å². The smallest absolute Gasteiger partial charge is 0.315 e. The first-order valence-electron chi connectivity index (χ1n) is 9.00. The number of aliphatic carboxylic acids is 1. The van der Waals surface area contributed by atoms with Crippen LogP contribution in [0.1, 0.15) is 30.5 Å². The lowest BCUT2D eigenvalue weighted by molar-refractivity contribution is -0.143. The first-order valence-corrected chi connectivity index (χ1v) is 9.76. The fourth-order valence-electron chi connectivity index (χ4n) is 4.60. The molecule has 1 aliphatic rings. The van der Waals surface area contributed by atoms with Gasteiger partial charge in [0.2, 0.25) is 0 Å². The second-order valence-electron chi connectivity index (χ2n) is 7.85. The highest BCUT2D eigenvalue weighted by Crippen LogP contribution is 2.80. The van der Waals surface area contributed by atoms with Gasteiger partial charge in [-0.05, 0) is 35.6 Å². The average Bonchev–Trinajstić information content (AvgIpc) is 3.05. The number of carbonyl (C=O) groups is 1. The van der Waals surface area contributed by atoms with Crippen molar-refractivity contribution in [3.8, 4) is 6.07 Å². The van der Waals surface area contributed by atoms with E-state index in [4.69, 9.17) is 23.2 Å². The predicted octanol–water partition coefficient (Wildman–Crippen LogP) is 5.76. The monoisotopic (exact) mass is 413 g/mol. The zero-order chi connectivity index (χ0) is 20.6. The molecule has 0 spiro atoms. The minimum atomic E-state index is -1.43. The number of halogens is 2. The zero-order valence-corrected chi connectivity index (χ0v) is 17.3. The van der Waals surface area contributed by atoms with Gasteiger partial charge in [-0.3, -0.25) is 4.79 Å². The molecule has 2 aromatic rings. The molecule has 2 aromatic carbocycles. The van der Waals surface area contributed by atoms with Crippen LogP contribution in [0.5, 0.6) is 0 Å². The van der Waals surface area contributed by atoms with Crippen LogP contribution in [-0.4, -0.2) is 11.1 Å². The van der Waals surface area contributed by atoms with Gasteiger partial charge in [-0.1, -0.05) is 91.6 Å². The standard InChI is InChI=1S/C23H21Cl2NO2/c1-21(2)22(15-26,23(21,20(27)28)14-19(24)25)13-18-10-6-9-17(12-18)11-16-7-4-3-5-8-16/h3-10,12,14H,11,13H2,1-2H3,(H,27,28)/t22-,23-/m0/s1. The number of carboxylic acid groups (broad SMARTS) is 1. The van der Waals surface area contributed by atoms with E-state index in [1.807, 2.05) is 42.5 Å². The van der Waals surface area contributed by atoms with Crippen molar-refractivity contribution >= 4 is 29.2 Å². The maximum atomic E-state index is 12.2. The van der Waals surface area contributed by atoms with E-state index >= 15 is 0 Å². The SMILES string of the molecule is CC1(C)[C@](C=C(Cl)Cl)(C(=O)O)[C@]1(C#N)Cc1cccc(Cc2ccccc2)c1. The summed E-state index contributed by atoms with van der Waals surface area (Å²) >= 11 is 11.7. The Morgan fingerprint density at radius 3 is 2.25 bits per heavy atom. The molecule has 2 atom stereocenters. The van der Waals surface area contributed by atoms with E-state index in [2.05, 4.69) is 18.2 Å². The van der Waals surface area contributed by atoms with Crippen LogP contribution in [0.4, 0.5) is 0 Å². The van der Waals surface area contributed by atoms with Crippen molar-refractivity contribution in [2.75, 3.05) is 0 Å². The Hall–Kier alpha value is -2.28. The van der Waals surface area contributed by atoms with Crippen molar-refractivity contribution in [3.63, 3.8) is 0 Å². The molecule has 0 aliphatic heterocycles. The largest absolute Gasteiger partial charge is 0.481 e. The van der Waals surface area contributed by atoms with Gasteiger partial charge in [-0.2, -0.15) is 5.26 Å². The van der Waals surface area contributed by atoms with Gasteiger partial charge >= 0.3 is 5.97 Å². The number of benzene rings is 2. The predicted molar refractivity (Wildman–Crippen MR) is 111 cm³/mol. The number of rotatable bonds is 6. The van der Waals surface area contributed by atoms with Crippen LogP contribution in [0.3, 0.4) is 0 Å². The molecule has 144 valence electrons. The van der Waals surface area contributed by atoms with Gasteiger partial charge in [0, 0.05) is 5.41 Å². The summed E-state index contributed by atoms with van der Waals surface area (Å²) in [7, 11) is 0. The lowest BCUT2D eigenvalue weighted by Gasteiger charge is -2.14. The molecule has 0 saturated heterocycles. The Balaban J connectivity index is 1.96. The van der Waals surface area contributed by atoms with Gasteiger partial charge < -0.3 is 5.11 Å². The molecular weight excluding hydrogens is 393 g/mol. The molecule has 1 N–H and O–H groups in total. The van der Waals surface area contributed by atoms with Crippen molar-refractivity contribution < 1.29 is 9.90 Å². The quantitative estimate of drug-likeness (QED) is 0.654. The number of hydrogen-bond donors (Lipinski definition) is 1. The van der Waals surface area contributed by atoms with Crippen LogP contribution in [0.2, 0.25) is 0 Å². The summed E-state index contributed by atoms with van der Waals surface area (Å²) < 4.78 is -0.134. The van der Waals surface area contributed by atoms with E-state index in [9.17, 15) is 15.2 Å². The number of carboxylic acids is 1. The average molecular weight is 414 g/mol. The molecule has 0 aromatic heterocycles. The highest BCUT2D eigenvalue weighted by Gasteiger charge is 2.86. The lowest BCUT2D eigenvalue weighted by Crippen LogP contribution is -2.23. The highest BCUT2D eigenvalue weighted by atomic mass is 35.5.